The second kappa shape index (κ2) is 9.05. The van der Waals surface area contributed by atoms with Gasteiger partial charge in [0.05, 0.1) is 0 Å². The van der Waals surface area contributed by atoms with Crippen LogP contribution in [0.25, 0.3) is 0 Å². The van der Waals surface area contributed by atoms with E-state index in [0.717, 1.165) is 55.1 Å². The Morgan fingerprint density at radius 1 is 1.13 bits per heavy atom. The van der Waals surface area contributed by atoms with Crippen molar-refractivity contribution in [3.63, 3.8) is 0 Å². The van der Waals surface area contributed by atoms with Gasteiger partial charge in [-0.2, -0.15) is 0 Å². The van der Waals surface area contributed by atoms with Crippen LogP contribution in [0.4, 0.5) is 10.5 Å². The van der Waals surface area contributed by atoms with Crippen molar-refractivity contribution in [1.29, 1.82) is 0 Å². The number of hydrogen-bond donors (Lipinski definition) is 1. The number of benzene rings is 1. The molecule has 3 aliphatic rings. The van der Waals surface area contributed by atoms with Crippen molar-refractivity contribution in [3.8, 4) is 5.88 Å². The second-order valence-electron chi connectivity index (χ2n) is 8.90. The summed E-state index contributed by atoms with van der Waals surface area (Å²) < 4.78 is 6.09. The molecule has 0 radical (unpaired) electrons. The van der Waals surface area contributed by atoms with Crippen LogP contribution in [0.1, 0.15) is 36.8 Å². The van der Waals surface area contributed by atoms with E-state index in [9.17, 15) is 4.79 Å². The average Bonchev–Trinajstić information content (AvgIpc) is 3.50. The summed E-state index contributed by atoms with van der Waals surface area (Å²) in [6.45, 7) is 4.62. The molecule has 2 amide bonds. The summed E-state index contributed by atoms with van der Waals surface area (Å²) in [6.07, 6.45) is 7.81. The van der Waals surface area contributed by atoms with Crippen LogP contribution in [0.3, 0.4) is 0 Å². The van der Waals surface area contributed by atoms with E-state index in [1.807, 2.05) is 30.3 Å². The van der Waals surface area contributed by atoms with Gasteiger partial charge in [0.25, 0.3) is 0 Å². The fraction of sp³-hybridized carbons (Fsp3) is 0.500. The molecule has 31 heavy (non-hydrogen) atoms. The Morgan fingerprint density at radius 3 is 2.71 bits per heavy atom. The highest BCUT2D eigenvalue weighted by molar-refractivity contribution is 6.30. The van der Waals surface area contributed by atoms with Crippen molar-refractivity contribution in [2.24, 2.45) is 5.92 Å². The lowest BCUT2D eigenvalue weighted by molar-refractivity contribution is 0.0944. The average molecular weight is 441 g/mol. The Morgan fingerprint density at radius 2 is 1.97 bits per heavy atom. The molecule has 1 aromatic heterocycles. The number of carbonyl (C=O) groups excluding carboxylic acids is 1. The van der Waals surface area contributed by atoms with Crippen molar-refractivity contribution in [3.05, 3.63) is 52.7 Å². The maximum atomic E-state index is 12.6. The first kappa shape index (κ1) is 20.6. The normalized spacial score (nSPS) is 19.3. The maximum Gasteiger partial charge on any atom is 0.322 e. The van der Waals surface area contributed by atoms with Gasteiger partial charge in [-0.3, -0.25) is 4.90 Å². The van der Waals surface area contributed by atoms with Crippen molar-refractivity contribution < 1.29 is 9.53 Å². The van der Waals surface area contributed by atoms with E-state index in [4.69, 9.17) is 16.3 Å². The molecule has 0 unspecified atom stereocenters. The summed E-state index contributed by atoms with van der Waals surface area (Å²) >= 11 is 6.05. The number of rotatable bonds is 6. The van der Waals surface area contributed by atoms with Gasteiger partial charge in [0, 0.05) is 55.7 Å². The first-order chi connectivity index (χ1) is 15.1. The summed E-state index contributed by atoms with van der Waals surface area (Å²) in [5.41, 5.74) is 3.01. The van der Waals surface area contributed by atoms with Gasteiger partial charge < -0.3 is 15.0 Å². The minimum absolute atomic E-state index is 0.0978. The molecule has 1 aromatic carbocycles. The van der Waals surface area contributed by atoms with Crippen LogP contribution in [-0.4, -0.2) is 48.2 Å². The van der Waals surface area contributed by atoms with Gasteiger partial charge in [-0.15, -0.1) is 0 Å². The molecule has 1 saturated carbocycles. The van der Waals surface area contributed by atoms with Crippen molar-refractivity contribution >= 4 is 23.3 Å². The van der Waals surface area contributed by atoms with Crippen molar-refractivity contribution in [1.82, 2.24) is 15.2 Å². The molecular formula is C24H29ClN4O2. The molecule has 2 fully saturated rings. The van der Waals surface area contributed by atoms with Gasteiger partial charge in [0.1, 0.15) is 6.10 Å². The van der Waals surface area contributed by atoms with Gasteiger partial charge in [0.2, 0.25) is 5.88 Å². The van der Waals surface area contributed by atoms with Gasteiger partial charge in [0.15, 0.2) is 0 Å². The lowest BCUT2D eigenvalue weighted by Gasteiger charge is -2.31. The fourth-order valence-electron chi connectivity index (χ4n) is 4.49. The highest BCUT2D eigenvalue weighted by Gasteiger charge is 2.28. The van der Waals surface area contributed by atoms with Crippen LogP contribution in [-0.2, 0) is 13.0 Å². The highest BCUT2D eigenvalue weighted by atomic mass is 35.5. The van der Waals surface area contributed by atoms with Crippen LogP contribution >= 0.6 is 11.6 Å². The van der Waals surface area contributed by atoms with E-state index in [0.29, 0.717) is 24.0 Å². The Bertz CT molecular complexity index is 924. The molecule has 0 bridgehead atoms. The number of pyridine rings is 1. The number of halogens is 1. The Balaban J connectivity index is 1.08. The molecule has 2 aliphatic heterocycles. The minimum Gasteiger partial charge on any atom is -0.474 e. The molecule has 1 saturated heterocycles. The lowest BCUT2D eigenvalue weighted by Crippen LogP contribution is -2.39. The first-order valence-corrected chi connectivity index (χ1v) is 11.7. The quantitative estimate of drug-likeness (QED) is 0.729. The zero-order chi connectivity index (χ0) is 21.2. The SMILES string of the molecule is O=C(NCc1ccc(OC2CCN(CC3CC3)CC2)nc1)N1CCc2cc(Cl)ccc21. The molecular weight excluding hydrogens is 412 g/mol. The maximum absolute atomic E-state index is 12.6. The number of ether oxygens (including phenoxy) is 1. The van der Waals surface area contributed by atoms with Crippen LogP contribution in [0, 0.1) is 5.92 Å². The minimum atomic E-state index is -0.0978. The fourth-order valence-corrected chi connectivity index (χ4v) is 4.68. The van der Waals surface area contributed by atoms with Crippen molar-refractivity contribution in [2.45, 2.75) is 44.8 Å². The Labute approximate surface area is 188 Å². The lowest BCUT2D eigenvalue weighted by atomic mass is 10.1. The predicted molar refractivity (Wildman–Crippen MR) is 122 cm³/mol. The van der Waals surface area contributed by atoms with Crippen LogP contribution in [0.5, 0.6) is 5.88 Å². The van der Waals surface area contributed by atoms with E-state index in [1.54, 1.807) is 11.1 Å². The summed E-state index contributed by atoms with van der Waals surface area (Å²) in [5.74, 6) is 1.62. The Kier molecular flexibility index (Phi) is 6.01. The van der Waals surface area contributed by atoms with Crippen LogP contribution in [0.2, 0.25) is 5.02 Å². The molecule has 7 heteroatoms. The molecule has 5 rings (SSSR count). The van der Waals surface area contributed by atoms with Gasteiger partial charge >= 0.3 is 6.03 Å². The number of likely N-dealkylation sites (tertiary alicyclic amines) is 1. The topological polar surface area (TPSA) is 57.7 Å². The number of piperidine rings is 1. The molecule has 2 aromatic rings. The predicted octanol–water partition coefficient (Wildman–Crippen LogP) is 4.26. The number of nitrogens with one attached hydrogen (secondary N) is 1. The standard InChI is InChI=1S/C24H29ClN4O2/c25-20-4-5-22-19(13-20)7-12-29(22)24(30)27-15-18-3-6-23(26-14-18)31-21-8-10-28(11-9-21)16-17-1-2-17/h3-6,13-14,17,21H,1-2,7-12,15-16H2,(H,27,30). The number of anilines is 1. The smallest absolute Gasteiger partial charge is 0.322 e. The third-order valence-corrected chi connectivity index (χ3v) is 6.69. The van der Waals surface area contributed by atoms with Gasteiger partial charge in [-0.05, 0) is 67.3 Å². The molecule has 1 aliphatic carbocycles. The largest absolute Gasteiger partial charge is 0.474 e. The van der Waals surface area contributed by atoms with E-state index in [2.05, 4.69) is 15.2 Å². The number of urea groups is 1. The zero-order valence-electron chi connectivity index (χ0n) is 17.7. The monoisotopic (exact) mass is 440 g/mol. The zero-order valence-corrected chi connectivity index (χ0v) is 18.5. The highest BCUT2D eigenvalue weighted by Crippen LogP contribution is 2.31. The van der Waals surface area contributed by atoms with Crippen LogP contribution in [0.15, 0.2) is 36.5 Å². The number of nitrogens with zero attached hydrogens (tertiary/aromatic N) is 3. The number of carbonyl (C=O) groups is 1. The van der Waals surface area contributed by atoms with Crippen LogP contribution < -0.4 is 15.0 Å². The molecule has 1 N–H and O–H groups in total. The summed E-state index contributed by atoms with van der Waals surface area (Å²) in [4.78, 5) is 21.4. The first-order valence-electron chi connectivity index (χ1n) is 11.3. The van der Waals surface area contributed by atoms with Gasteiger partial charge in [-0.25, -0.2) is 9.78 Å². The number of aromatic nitrogens is 1. The number of fused-ring (bicyclic) bond motifs is 1. The van der Waals surface area contributed by atoms with Gasteiger partial charge in [-0.1, -0.05) is 17.7 Å². The van der Waals surface area contributed by atoms with Crippen molar-refractivity contribution in [2.75, 3.05) is 31.1 Å². The van der Waals surface area contributed by atoms with E-state index in [-0.39, 0.29) is 12.1 Å². The molecule has 6 nitrogen and oxygen atoms in total. The third kappa shape index (κ3) is 5.13. The summed E-state index contributed by atoms with van der Waals surface area (Å²) in [6, 6.07) is 9.46. The van der Waals surface area contributed by atoms with E-state index in [1.165, 1.54) is 19.4 Å². The number of amides is 2. The summed E-state index contributed by atoms with van der Waals surface area (Å²) in [5, 5.41) is 3.70. The second-order valence-corrected chi connectivity index (χ2v) is 9.34. The third-order valence-electron chi connectivity index (χ3n) is 6.46. The number of hydrogen-bond acceptors (Lipinski definition) is 4. The molecule has 164 valence electrons. The molecule has 0 atom stereocenters. The summed E-state index contributed by atoms with van der Waals surface area (Å²) in [7, 11) is 0. The molecule has 3 heterocycles. The Hall–Kier alpha value is -2.31. The molecule has 0 spiro atoms. The van der Waals surface area contributed by atoms with E-state index >= 15 is 0 Å². The van der Waals surface area contributed by atoms with E-state index < -0.39 is 0 Å².